The summed E-state index contributed by atoms with van der Waals surface area (Å²) in [7, 11) is 1.88. The second-order valence-electron chi connectivity index (χ2n) is 6.32. The average Bonchev–Trinajstić information content (AvgIpc) is 3.20. The van der Waals surface area contributed by atoms with Crippen LogP contribution in [0.5, 0.6) is 0 Å². The van der Waals surface area contributed by atoms with Gasteiger partial charge in [0.1, 0.15) is 0 Å². The minimum atomic E-state index is -0.125. The minimum Gasteiger partial charge on any atom is -0.337 e. The van der Waals surface area contributed by atoms with E-state index in [0.29, 0.717) is 6.54 Å². The van der Waals surface area contributed by atoms with Gasteiger partial charge in [-0.3, -0.25) is 10.2 Å². The van der Waals surface area contributed by atoms with E-state index in [1.54, 1.807) is 11.3 Å². The lowest BCUT2D eigenvalue weighted by Gasteiger charge is -2.29. The standard InChI is InChI=1S/C18H24N4OS/c1-11(16-12(2)24-13(3)20-16)22(4)18(23)15-10-19-21-17(15)14-8-6-5-7-9-14/h5-9,11,15,17,19,21H,10H2,1-4H3. The Kier molecular flexibility index (Phi) is 4.99. The fourth-order valence-corrected chi connectivity index (χ4v) is 4.18. The maximum absolute atomic E-state index is 13.1. The van der Waals surface area contributed by atoms with Crippen molar-refractivity contribution in [1.82, 2.24) is 20.7 Å². The van der Waals surface area contributed by atoms with Crippen LogP contribution in [-0.4, -0.2) is 29.4 Å². The van der Waals surface area contributed by atoms with Crippen molar-refractivity contribution in [2.75, 3.05) is 13.6 Å². The van der Waals surface area contributed by atoms with Crippen LogP contribution in [0, 0.1) is 19.8 Å². The molecule has 0 saturated carbocycles. The maximum Gasteiger partial charge on any atom is 0.229 e. The van der Waals surface area contributed by atoms with Crippen LogP contribution < -0.4 is 10.9 Å². The van der Waals surface area contributed by atoms with Crippen LogP contribution in [-0.2, 0) is 4.79 Å². The first-order valence-corrected chi connectivity index (χ1v) is 9.04. The fourth-order valence-electron chi connectivity index (χ4n) is 3.27. The van der Waals surface area contributed by atoms with E-state index in [1.807, 2.05) is 44.0 Å². The van der Waals surface area contributed by atoms with Gasteiger partial charge in [0.25, 0.3) is 0 Å². The molecule has 5 nitrogen and oxygen atoms in total. The Morgan fingerprint density at radius 3 is 2.67 bits per heavy atom. The van der Waals surface area contributed by atoms with E-state index < -0.39 is 0 Å². The summed E-state index contributed by atoms with van der Waals surface area (Å²) in [5, 5.41) is 1.04. The predicted octanol–water partition coefficient (Wildman–Crippen LogP) is 2.74. The van der Waals surface area contributed by atoms with E-state index in [4.69, 9.17) is 0 Å². The SMILES string of the molecule is Cc1nc(C(C)N(C)C(=O)C2CNNC2c2ccccc2)c(C)s1. The molecule has 3 rings (SSSR count). The van der Waals surface area contributed by atoms with Crippen molar-refractivity contribution in [3.63, 3.8) is 0 Å². The summed E-state index contributed by atoms with van der Waals surface area (Å²) >= 11 is 1.68. The zero-order valence-corrected chi connectivity index (χ0v) is 15.4. The van der Waals surface area contributed by atoms with Crippen LogP contribution >= 0.6 is 11.3 Å². The van der Waals surface area contributed by atoms with Crippen molar-refractivity contribution in [3.05, 3.63) is 51.5 Å². The molecular formula is C18H24N4OS. The van der Waals surface area contributed by atoms with E-state index in [1.165, 1.54) is 4.88 Å². The summed E-state index contributed by atoms with van der Waals surface area (Å²) < 4.78 is 0. The fraction of sp³-hybridized carbons (Fsp3) is 0.444. The second-order valence-corrected chi connectivity index (χ2v) is 7.73. The van der Waals surface area contributed by atoms with Crippen molar-refractivity contribution in [1.29, 1.82) is 0 Å². The first-order valence-electron chi connectivity index (χ1n) is 8.23. The lowest BCUT2D eigenvalue weighted by atomic mass is 9.93. The quantitative estimate of drug-likeness (QED) is 0.895. The van der Waals surface area contributed by atoms with Crippen LogP contribution in [0.1, 0.15) is 40.1 Å². The number of hydrogen-bond donors (Lipinski definition) is 2. The van der Waals surface area contributed by atoms with Crippen LogP contribution in [0.25, 0.3) is 0 Å². The molecule has 3 unspecified atom stereocenters. The first-order chi connectivity index (χ1) is 11.5. The molecule has 0 bridgehead atoms. The summed E-state index contributed by atoms with van der Waals surface area (Å²) in [4.78, 5) is 20.7. The lowest BCUT2D eigenvalue weighted by molar-refractivity contribution is -0.136. The molecule has 1 amide bonds. The van der Waals surface area contributed by atoms with Gasteiger partial charge >= 0.3 is 0 Å². The van der Waals surface area contributed by atoms with Gasteiger partial charge in [0.2, 0.25) is 5.91 Å². The normalized spacial score (nSPS) is 21.7. The van der Waals surface area contributed by atoms with Crippen molar-refractivity contribution in [3.8, 4) is 0 Å². The highest BCUT2D eigenvalue weighted by Crippen LogP contribution is 2.31. The molecule has 1 aliphatic rings. The zero-order chi connectivity index (χ0) is 17.3. The molecule has 128 valence electrons. The zero-order valence-electron chi connectivity index (χ0n) is 14.5. The third-order valence-corrected chi connectivity index (χ3v) is 5.62. The van der Waals surface area contributed by atoms with Crippen molar-refractivity contribution in [2.24, 2.45) is 5.92 Å². The Hall–Kier alpha value is -1.76. The molecular weight excluding hydrogens is 320 g/mol. The van der Waals surface area contributed by atoms with E-state index in [-0.39, 0.29) is 23.9 Å². The molecule has 0 spiro atoms. The number of hydrazine groups is 1. The van der Waals surface area contributed by atoms with Gasteiger partial charge in [-0.2, -0.15) is 0 Å². The number of rotatable bonds is 4. The number of carbonyl (C=O) groups excluding carboxylic acids is 1. The van der Waals surface area contributed by atoms with Gasteiger partial charge < -0.3 is 4.90 Å². The van der Waals surface area contributed by atoms with E-state index in [0.717, 1.165) is 16.3 Å². The molecule has 3 atom stereocenters. The summed E-state index contributed by atoms with van der Waals surface area (Å²) in [6.45, 7) is 6.75. The predicted molar refractivity (Wildman–Crippen MR) is 96.6 cm³/mol. The number of nitrogens with one attached hydrogen (secondary N) is 2. The third kappa shape index (κ3) is 3.22. The average molecular weight is 344 g/mol. The Balaban J connectivity index is 1.78. The van der Waals surface area contributed by atoms with E-state index >= 15 is 0 Å². The number of thiazole rings is 1. The molecule has 0 aliphatic carbocycles. The van der Waals surface area contributed by atoms with Gasteiger partial charge in [0.15, 0.2) is 0 Å². The largest absolute Gasteiger partial charge is 0.337 e. The first kappa shape index (κ1) is 17.1. The van der Waals surface area contributed by atoms with Crippen molar-refractivity contribution in [2.45, 2.75) is 32.9 Å². The summed E-state index contributed by atoms with van der Waals surface area (Å²) in [5.41, 5.74) is 8.51. The molecule has 2 aromatic rings. The smallest absolute Gasteiger partial charge is 0.229 e. The number of amides is 1. The molecule has 1 aromatic carbocycles. The summed E-state index contributed by atoms with van der Waals surface area (Å²) in [6.07, 6.45) is 0. The number of nitrogens with zero attached hydrogens (tertiary/aromatic N) is 2. The number of hydrogen-bond acceptors (Lipinski definition) is 5. The van der Waals surface area contributed by atoms with Crippen molar-refractivity contribution < 1.29 is 4.79 Å². The van der Waals surface area contributed by atoms with Gasteiger partial charge in [0.05, 0.1) is 28.7 Å². The highest BCUT2D eigenvalue weighted by atomic mass is 32.1. The maximum atomic E-state index is 13.1. The second kappa shape index (κ2) is 7.01. The van der Waals surface area contributed by atoms with Crippen molar-refractivity contribution >= 4 is 17.2 Å². The Labute approximate surface area is 147 Å². The number of carbonyl (C=O) groups is 1. The van der Waals surface area contributed by atoms with Gasteiger partial charge in [-0.05, 0) is 26.3 Å². The number of benzene rings is 1. The molecule has 0 radical (unpaired) electrons. The Morgan fingerprint density at radius 1 is 1.33 bits per heavy atom. The van der Waals surface area contributed by atoms with E-state index in [2.05, 4.69) is 34.9 Å². The highest BCUT2D eigenvalue weighted by Gasteiger charge is 2.37. The topological polar surface area (TPSA) is 57.3 Å². The van der Waals surface area contributed by atoms with Crippen LogP contribution in [0.3, 0.4) is 0 Å². The Morgan fingerprint density at radius 2 is 2.04 bits per heavy atom. The Bertz CT molecular complexity index is 715. The molecule has 1 saturated heterocycles. The molecule has 2 heterocycles. The molecule has 24 heavy (non-hydrogen) atoms. The highest BCUT2D eigenvalue weighted by molar-refractivity contribution is 7.11. The number of aryl methyl sites for hydroxylation is 2. The van der Waals surface area contributed by atoms with Crippen LogP contribution in [0.4, 0.5) is 0 Å². The van der Waals surface area contributed by atoms with Gasteiger partial charge in [-0.25, -0.2) is 10.4 Å². The molecule has 2 N–H and O–H groups in total. The molecule has 1 aromatic heterocycles. The monoisotopic (exact) mass is 344 g/mol. The lowest BCUT2D eigenvalue weighted by Crippen LogP contribution is -2.38. The van der Waals surface area contributed by atoms with Gasteiger partial charge in [0, 0.05) is 18.5 Å². The van der Waals surface area contributed by atoms with Gasteiger partial charge in [-0.1, -0.05) is 30.3 Å². The summed E-state index contributed by atoms with van der Waals surface area (Å²) in [6, 6.07) is 10.1. The van der Waals surface area contributed by atoms with Crippen LogP contribution in [0.15, 0.2) is 30.3 Å². The number of aromatic nitrogens is 1. The van der Waals surface area contributed by atoms with Crippen LogP contribution in [0.2, 0.25) is 0 Å². The molecule has 1 fully saturated rings. The van der Waals surface area contributed by atoms with E-state index in [9.17, 15) is 4.79 Å². The third-order valence-electron chi connectivity index (χ3n) is 4.72. The minimum absolute atomic E-state index is 0.00776. The molecule has 1 aliphatic heterocycles. The molecule has 6 heteroatoms. The van der Waals surface area contributed by atoms with Gasteiger partial charge in [-0.15, -0.1) is 11.3 Å². The summed E-state index contributed by atoms with van der Waals surface area (Å²) in [5.74, 6) is 0.0128.